The summed E-state index contributed by atoms with van der Waals surface area (Å²) < 4.78 is 1.63. The van der Waals surface area contributed by atoms with Gasteiger partial charge in [0.1, 0.15) is 0 Å². The van der Waals surface area contributed by atoms with Crippen molar-refractivity contribution in [3.05, 3.63) is 65.2 Å². The lowest BCUT2D eigenvalue weighted by Gasteiger charge is -2.10. The number of rotatable bonds is 4. The zero-order valence-corrected chi connectivity index (χ0v) is 15.4. The fourth-order valence-electron chi connectivity index (χ4n) is 3.41. The molecule has 3 aromatic rings. The van der Waals surface area contributed by atoms with Crippen molar-refractivity contribution in [3.63, 3.8) is 0 Å². The van der Waals surface area contributed by atoms with E-state index >= 15 is 0 Å². The smallest absolute Gasteiger partial charge is 0.292 e. The number of imidazole rings is 1. The lowest BCUT2D eigenvalue weighted by atomic mass is 10.2. The number of hydrogen-bond donors (Lipinski definition) is 2. The van der Waals surface area contributed by atoms with Crippen LogP contribution in [0.4, 0.5) is 5.69 Å². The van der Waals surface area contributed by atoms with Crippen LogP contribution in [0, 0.1) is 0 Å². The van der Waals surface area contributed by atoms with E-state index in [1.807, 2.05) is 6.07 Å². The summed E-state index contributed by atoms with van der Waals surface area (Å²) in [6.07, 6.45) is 5.96. The van der Waals surface area contributed by atoms with E-state index in [9.17, 15) is 9.59 Å². The van der Waals surface area contributed by atoms with E-state index in [2.05, 4.69) is 15.6 Å². The van der Waals surface area contributed by atoms with Gasteiger partial charge in [-0.25, -0.2) is 4.98 Å². The van der Waals surface area contributed by atoms with Crippen LogP contribution in [0.3, 0.4) is 0 Å². The number of anilines is 1. The number of pyridine rings is 1. The molecule has 0 saturated heterocycles. The fourth-order valence-corrected chi connectivity index (χ4v) is 3.54. The van der Waals surface area contributed by atoms with E-state index in [1.54, 1.807) is 47.0 Å². The van der Waals surface area contributed by atoms with Gasteiger partial charge < -0.3 is 10.6 Å². The molecule has 0 unspecified atom stereocenters. The Morgan fingerprint density at radius 1 is 1.04 bits per heavy atom. The summed E-state index contributed by atoms with van der Waals surface area (Å²) in [4.78, 5) is 29.8. The van der Waals surface area contributed by atoms with Crippen molar-refractivity contribution in [1.82, 2.24) is 14.7 Å². The highest BCUT2D eigenvalue weighted by Gasteiger charge is 2.24. The predicted octanol–water partition coefficient (Wildman–Crippen LogP) is 3.91. The number of nitrogens with one attached hydrogen (secondary N) is 2. The minimum absolute atomic E-state index is 0.164. The van der Waals surface area contributed by atoms with Gasteiger partial charge in [-0.15, -0.1) is 0 Å². The van der Waals surface area contributed by atoms with Crippen LogP contribution in [-0.2, 0) is 0 Å². The molecule has 4 rings (SSSR count). The van der Waals surface area contributed by atoms with Crippen molar-refractivity contribution >= 4 is 34.6 Å². The molecule has 6 nitrogen and oxygen atoms in total. The third-order valence-corrected chi connectivity index (χ3v) is 5.01. The van der Waals surface area contributed by atoms with Gasteiger partial charge >= 0.3 is 0 Å². The second kappa shape index (κ2) is 7.40. The molecule has 2 N–H and O–H groups in total. The maximum absolute atomic E-state index is 12.7. The summed E-state index contributed by atoms with van der Waals surface area (Å²) in [5.41, 5.74) is 1.48. The van der Waals surface area contributed by atoms with E-state index in [1.165, 1.54) is 0 Å². The lowest BCUT2D eigenvalue weighted by molar-refractivity contribution is 0.0935. The van der Waals surface area contributed by atoms with Crippen LogP contribution in [-0.4, -0.2) is 27.2 Å². The molecule has 0 aliphatic heterocycles. The Balaban J connectivity index is 1.63. The average Bonchev–Trinajstić information content (AvgIpc) is 3.31. The zero-order valence-electron chi connectivity index (χ0n) is 14.6. The summed E-state index contributed by atoms with van der Waals surface area (Å²) >= 11 is 5.88. The van der Waals surface area contributed by atoms with E-state index in [0.717, 1.165) is 25.7 Å². The van der Waals surface area contributed by atoms with Gasteiger partial charge in [0.2, 0.25) is 5.82 Å². The van der Waals surface area contributed by atoms with Crippen molar-refractivity contribution in [1.29, 1.82) is 0 Å². The first kappa shape index (κ1) is 17.5. The first-order valence-electron chi connectivity index (χ1n) is 8.97. The summed E-state index contributed by atoms with van der Waals surface area (Å²) in [6.45, 7) is 0. The summed E-state index contributed by atoms with van der Waals surface area (Å²) in [7, 11) is 0. The summed E-state index contributed by atoms with van der Waals surface area (Å²) in [6, 6.07) is 12.4. The fraction of sp³-hybridized carbons (Fsp3) is 0.250. The number of benzene rings is 1. The minimum atomic E-state index is -0.390. The summed E-state index contributed by atoms with van der Waals surface area (Å²) in [5.74, 6) is -0.466. The quantitative estimate of drug-likeness (QED) is 0.718. The maximum atomic E-state index is 12.7. The van der Waals surface area contributed by atoms with E-state index in [0.29, 0.717) is 16.2 Å². The predicted molar refractivity (Wildman–Crippen MR) is 104 cm³/mol. The van der Waals surface area contributed by atoms with Crippen LogP contribution < -0.4 is 10.6 Å². The van der Waals surface area contributed by atoms with Crippen molar-refractivity contribution in [2.75, 3.05) is 5.32 Å². The highest BCUT2D eigenvalue weighted by atomic mass is 35.5. The van der Waals surface area contributed by atoms with Gasteiger partial charge in [-0.3, -0.25) is 14.0 Å². The Kier molecular flexibility index (Phi) is 4.81. The molecule has 2 aromatic heterocycles. The molecule has 2 amide bonds. The number of carbonyl (C=O) groups is 2. The SMILES string of the molecule is O=C(NC1CCCC1)c1nc(C(=O)Nc2ccc(Cl)cc2)n2ccccc12. The Morgan fingerprint density at radius 2 is 1.78 bits per heavy atom. The van der Waals surface area contributed by atoms with Gasteiger partial charge in [0.15, 0.2) is 5.69 Å². The molecule has 2 heterocycles. The van der Waals surface area contributed by atoms with Gasteiger partial charge in [0.25, 0.3) is 11.8 Å². The molecule has 1 fully saturated rings. The van der Waals surface area contributed by atoms with Crippen LogP contribution in [0.25, 0.3) is 5.52 Å². The van der Waals surface area contributed by atoms with Gasteiger partial charge in [0, 0.05) is 22.9 Å². The number of hydrogen-bond acceptors (Lipinski definition) is 3. The third kappa shape index (κ3) is 3.66. The van der Waals surface area contributed by atoms with Crippen molar-refractivity contribution in [3.8, 4) is 0 Å². The van der Waals surface area contributed by atoms with E-state index in [4.69, 9.17) is 11.6 Å². The van der Waals surface area contributed by atoms with Crippen LogP contribution in [0.5, 0.6) is 0 Å². The molecule has 1 aromatic carbocycles. The average molecular weight is 383 g/mol. The van der Waals surface area contributed by atoms with Crippen molar-refractivity contribution < 1.29 is 9.59 Å². The highest BCUT2D eigenvalue weighted by molar-refractivity contribution is 6.30. The number of nitrogens with zero attached hydrogens (tertiary/aromatic N) is 2. The first-order valence-corrected chi connectivity index (χ1v) is 9.34. The number of halogens is 1. The summed E-state index contributed by atoms with van der Waals surface area (Å²) in [5, 5.41) is 6.41. The maximum Gasteiger partial charge on any atom is 0.292 e. The second-order valence-electron chi connectivity index (χ2n) is 6.66. The molecule has 1 aliphatic carbocycles. The largest absolute Gasteiger partial charge is 0.348 e. The molecular formula is C20H19ClN4O2. The molecule has 1 saturated carbocycles. The normalized spacial score (nSPS) is 14.4. The van der Waals surface area contributed by atoms with Gasteiger partial charge in [-0.05, 0) is 49.2 Å². The van der Waals surface area contributed by atoms with Crippen LogP contribution >= 0.6 is 11.6 Å². The standard InChI is InChI=1S/C20H19ClN4O2/c21-13-8-10-15(11-9-13)23-20(27)18-24-17(16-7-3-4-12-25(16)18)19(26)22-14-5-1-2-6-14/h3-4,7-12,14H,1-2,5-6H2,(H,22,26)(H,23,27). The Morgan fingerprint density at radius 3 is 2.52 bits per heavy atom. The van der Waals surface area contributed by atoms with Crippen molar-refractivity contribution in [2.45, 2.75) is 31.7 Å². The number of aromatic nitrogens is 2. The lowest BCUT2D eigenvalue weighted by Crippen LogP contribution is -2.33. The Hall–Kier alpha value is -2.86. The molecule has 27 heavy (non-hydrogen) atoms. The van der Waals surface area contributed by atoms with E-state index < -0.39 is 5.91 Å². The molecule has 138 valence electrons. The molecule has 0 bridgehead atoms. The molecule has 0 atom stereocenters. The Labute approximate surface area is 161 Å². The Bertz CT molecular complexity index is 991. The molecule has 7 heteroatoms. The van der Waals surface area contributed by atoms with Crippen LogP contribution in [0.2, 0.25) is 5.02 Å². The second-order valence-corrected chi connectivity index (χ2v) is 7.09. The third-order valence-electron chi connectivity index (χ3n) is 4.76. The van der Waals surface area contributed by atoms with Crippen LogP contribution in [0.1, 0.15) is 46.8 Å². The van der Waals surface area contributed by atoms with Gasteiger partial charge in [0.05, 0.1) is 5.52 Å². The monoisotopic (exact) mass is 382 g/mol. The number of fused-ring (bicyclic) bond motifs is 1. The minimum Gasteiger partial charge on any atom is -0.348 e. The molecular weight excluding hydrogens is 364 g/mol. The van der Waals surface area contributed by atoms with Crippen LogP contribution in [0.15, 0.2) is 48.7 Å². The highest BCUT2D eigenvalue weighted by Crippen LogP contribution is 2.20. The first-order chi connectivity index (χ1) is 13.1. The topological polar surface area (TPSA) is 75.5 Å². The molecule has 1 aliphatic rings. The number of carbonyl (C=O) groups excluding carboxylic acids is 2. The van der Waals surface area contributed by atoms with Gasteiger partial charge in [-0.2, -0.15) is 0 Å². The number of amides is 2. The molecule has 0 spiro atoms. The molecule has 0 radical (unpaired) electrons. The van der Waals surface area contributed by atoms with E-state index in [-0.39, 0.29) is 23.5 Å². The zero-order chi connectivity index (χ0) is 18.8. The van der Waals surface area contributed by atoms with Gasteiger partial charge in [-0.1, -0.05) is 30.5 Å². The van der Waals surface area contributed by atoms with Crippen molar-refractivity contribution in [2.24, 2.45) is 0 Å².